The average Bonchev–Trinajstić information content (AvgIpc) is 3.31. The number of methoxy groups -OCH3 is 2. The summed E-state index contributed by atoms with van der Waals surface area (Å²) in [5.74, 6) is 1.97. The minimum Gasteiger partial charge on any atom is -0.496 e. The van der Waals surface area contributed by atoms with Crippen molar-refractivity contribution in [1.29, 1.82) is 0 Å². The van der Waals surface area contributed by atoms with Gasteiger partial charge in [0, 0.05) is 78.3 Å². The second kappa shape index (κ2) is 9.49. The molecule has 6 rings (SSSR count). The van der Waals surface area contributed by atoms with E-state index in [1.807, 2.05) is 17.4 Å². The maximum Gasteiger partial charge on any atom is 0.123 e. The van der Waals surface area contributed by atoms with Gasteiger partial charge in [0.15, 0.2) is 0 Å². The van der Waals surface area contributed by atoms with E-state index in [1.54, 1.807) is 19.1 Å². The first-order valence-corrected chi connectivity index (χ1v) is 13.5. The fourth-order valence-corrected chi connectivity index (χ4v) is 7.25. The average molecular weight is 490 g/mol. The Bertz CT molecular complexity index is 1200. The van der Waals surface area contributed by atoms with Gasteiger partial charge in [0.25, 0.3) is 0 Å². The van der Waals surface area contributed by atoms with Crippen LogP contribution in [-0.4, -0.2) is 63.8 Å². The number of anilines is 1. The van der Waals surface area contributed by atoms with E-state index < -0.39 is 0 Å². The molecule has 0 N–H and O–H groups in total. The lowest BCUT2D eigenvalue weighted by atomic mass is 9.86. The summed E-state index contributed by atoms with van der Waals surface area (Å²) in [5.41, 5.74) is 6.89. The summed E-state index contributed by atoms with van der Waals surface area (Å²) < 4.78 is 11.4. The number of thiophene rings is 1. The topological polar surface area (TPSA) is 28.2 Å². The molecule has 1 unspecified atom stereocenters. The predicted molar refractivity (Wildman–Crippen MR) is 143 cm³/mol. The summed E-state index contributed by atoms with van der Waals surface area (Å²) in [6.07, 6.45) is 3.14. The van der Waals surface area contributed by atoms with Crippen molar-refractivity contribution in [3.05, 3.63) is 74.5 Å². The van der Waals surface area contributed by atoms with Crippen LogP contribution in [0.2, 0.25) is 0 Å². The first-order chi connectivity index (χ1) is 17.1. The Labute approximate surface area is 212 Å². The molecule has 1 atom stereocenters. The van der Waals surface area contributed by atoms with Crippen molar-refractivity contribution in [3.63, 3.8) is 0 Å². The summed E-state index contributed by atoms with van der Waals surface area (Å²) in [6, 6.07) is 16.3. The maximum absolute atomic E-state index is 5.75. The molecule has 3 aliphatic rings. The van der Waals surface area contributed by atoms with Crippen LogP contribution in [0.1, 0.15) is 38.0 Å². The van der Waals surface area contributed by atoms with Crippen molar-refractivity contribution in [2.45, 2.75) is 31.8 Å². The summed E-state index contributed by atoms with van der Waals surface area (Å²) in [6.45, 7) is 6.56. The van der Waals surface area contributed by atoms with Gasteiger partial charge in [0.2, 0.25) is 0 Å². The molecular formula is C29H35N3O2S. The van der Waals surface area contributed by atoms with Gasteiger partial charge in [-0.25, -0.2) is 0 Å². The quantitative estimate of drug-likeness (QED) is 0.515. The third-order valence-corrected chi connectivity index (χ3v) is 9.26. The summed E-state index contributed by atoms with van der Waals surface area (Å²) in [4.78, 5) is 10.6. The van der Waals surface area contributed by atoms with Gasteiger partial charge in [-0.05, 0) is 61.3 Å². The number of likely N-dealkylation sites (N-methyl/N-ethyl adjacent to an activating group) is 1. The molecule has 1 aromatic heterocycles. The lowest BCUT2D eigenvalue weighted by Crippen LogP contribution is -2.44. The van der Waals surface area contributed by atoms with Crippen molar-refractivity contribution in [3.8, 4) is 11.5 Å². The fraction of sp³-hybridized carbons (Fsp3) is 0.448. The molecule has 35 heavy (non-hydrogen) atoms. The number of benzene rings is 2. The maximum atomic E-state index is 5.75. The highest BCUT2D eigenvalue weighted by Crippen LogP contribution is 2.45. The lowest BCUT2D eigenvalue weighted by molar-refractivity contribution is 0.158. The number of nitrogens with zero attached hydrogens (tertiary/aromatic N) is 3. The van der Waals surface area contributed by atoms with E-state index in [2.05, 4.69) is 58.1 Å². The van der Waals surface area contributed by atoms with E-state index in [0.717, 1.165) is 70.0 Å². The smallest absolute Gasteiger partial charge is 0.123 e. The van der Waals surface area contributed by atoms with Gasteiger partial charge in [-0.15, -0.1) is 11.3 Å². The third-order valence-electron chi connectivity index (χ3n) is 8.05. The zero-order valence-electron chi connectivity index (χ0n) is 21.0. The molecule has 0 saturated carbocycles. The van der Waals surface area contributed by atoms with Crippen molar-refractivity contribution >= 4 is 17.0 Å². The SMILES string of the molecule is COc1ccc(OC)c2c1CC1c3cc(Cc4ccc(N5CCN(C)CC5)cc4)sc3CCN1C2. The first kappa shape index (κ1) is 22.9. The van der Waals surface area contributed by atoms with E-state index in [0.29, 0.717) is 6.04 Å². The Morgan fingerprint density at radius 3 is 2.31 bits per heavy atom. The first-order valence-electron chi connectivity index (χ1n) is 12.7. The lowest BCUT2D eigenvalue weighted by Gasteiger charge is -2.41. The number of piperazine rings is 1. The van der Waals surface area contributed by atoms with Gasteiger partial charge in [-0.1, -0.05) is 12.1 Å². The highest BCUT2D eigenvalue weighted by molar-refractivity contribution is 7.12. The second-order valence-electron chi connectivity index (χ2n) is 10.1. The minimum absolute atomic E-state index is 0.428. The van der Waals surface area contributed by atoms with E-state index in [9.17, 15) is 0 Å². The second-order valence-corrected chi connectivity index (χ2v) is 11.3. The van der Waals surface area contributed by atoms with Crippen molar-refractivity contribution < 1.29 is 9.47 Å². The van der Waals surface area contributed by atoms with Crippen molar-refractivity contribution in [2.24, 2.45) is 0 Å². The summed E-state index contributed by atoms with van der Waals surface area (Å²) >= 11 is 2.02. The number of fused-ring (bicyclic) bond motifs is 4. The Morgan fingerprint density at radius 2 is 1.60 bits per heavy atom. The number of rotatable bonds is 5. The summed E-state index contributed by atoms with van der Waals surface area (Å²) in [7, 11) is 5.75. The molecule has 0 bridgehead atoms. The van der Waals surface area contributed by atoms with E-state index >= 15 is 0 Å². The molecule has 3 aromatic rings. The molecule has 0 spiro atoms. The Hall–Kier alpha value is -2.54. The van der Waals surface area contributed by atoms with Gasteiger partial charge in [0.05, 0.1) is 14.2 Å². The van der Waals surface area contributed by atoms with Crippen molar-refractivity contribution in [2.75, 3.05) is 58.9 Å². The Balaban J connectivity index is 1.21. The molecule has 5 nitrogen and oxygen atoms in total. The third kappa shape index (κ3) is 4.32. The Kier molecular flexibility index (Phi) is 6.21. The zero-order chi connectivity index (χ0) is 23.9. The molecule has 4 heterocycles. The zero-order valence-corrected chi connectivity index (χ0v) is 21.9. The molecule has 2 aromatic carbocycles. The number of hydrogen-bond donors (Lipinski definition) is 0. The van der Waals surface area contributed by atoms with E-state index in [4.69, 9.17) is 9.47 Å². The molecule has 6 heteroatoms. The molecule has 1 saturated heterocycles. The summed E-state index contributed by atoms with van der Waals surface area (Å²) in [5, 5.41) is 0. The fourth-order valence-electron chi connectivity index (χ4n) is 6.01. The molecule has 0 radical (unpaired) electrons. The van der Waals surface area contributed by atoms with Crippen LogP contribution in [0.4, 0.5) is 5.69 Å². The van der Waals surface area contributed by atoms with E-state index in [1.165, 1.54) is 32.8 Å². The largest absolute Gasteiger partial charge is 0.496 e. The van der Waals surface area contributed by atoms with Crippen LogP contribution in [0.5, 0.6) is 11.5 Å². The van der Waals surface area contributed by atoms with Gasteiger partial charge < -0.3 is 19.3 Å². The minimum atomic E-state index is 0.428. The van der Waals surface area contributed by atoms with Crippen LogP contribution >= 0.6 is 11.3 Å². The predicted octanol–water partition coefficient (Wildman–Crippen LogP) is 4.76. The van der Waals surface area contributed by atoms with Gasteiger partial charge in [0.1, 0.15) is 11.5 Å². The van der Waals surface area contributed by atoms with Crippen LogP contribution in [-0.2, 0) is 25.8 Å². The van der Waals surface area contributed by atoms with Crippen LogP contribution < -0.4 is 14.4 Å². The Morgan fingerprint density at radius 1 is 0.886 bits per heavy atom. The molecule has 0 amide bonds. The molecule has 1 fully saturated rings. The van der Waals surface area contributed by atoms with Crippen molar-refractivity contribution in [1.82, 2.24) is 9.80 Å². The molecule has 3 aliphatic heterocycles. The van der Waals surface area contributed by atoms with Gasteiger partial charge in [-0.2, -0.15) is 0 Å². The normalized spacial score (nSPS) is 20.2. The highest BCUT2D eigenvalue weighted by atomic mass is 32.1. The number of ether oxygens (including phenoxy) is 2. The monoisotopic (exact) mass is 489 g/mol. The van der Waals surface area contributed by atoms with Gasteiger partial charge in [-0.3, -0.25) is 4.90 Å². The molecule has 184 valence electrons. The highest BCUT2D eigenvalue weighted by Gasteiger charge is 2.36. The van der Waals surface area contributed by atoms with Crippen LogP contribution in [0, 0.1) is 0 Å². The van der Waals surface area contributed by atoms with Crippen LogP contribution in [0.15, 0.2) is 42.5 Å². The molecular weight excluding hydrogens is 454 g/mol. The van der Waals surface area contributed by atoms with Crippen LogP contribution in [0.3, 0.4) is 0 Å². The van der Waals surface area contributed by atoms with Crippen LogP contribution in [0.25, 0.3) is 0 Å². The number of hydrogen-bond acceptors (Lipinski definition) is 6. The van der Waals surface area contributed by atoms with Gasteiger partial charge >= 0.3 is 0 Å². The van der Waals surface area contributed by atoms with E-state index in [-0.39, 0.29) is 0 Å². The standard InChI is InChI=1S/C29H35N3O2S/c1-30-12-14-31(15-13-30)21-6-4-20(5-7-21)16-22-17-24-26-18-23-25(19-32(26)11-10-29(24)35-22)28(34-3)9-8-27(23)33-2/h4-9,17,26H,10-16,18-19H2,1-3H3. The molecule has 0 aliphatic carbocycles.